The fourth-order valence-corrected chi connectivity index (χ4v) is 3.76. The Morgan fingerprint density at radius 1 is 1.23 bits per heavy atom. The summed E-state index contributed by atoms with van der Waals surface area (Å²) in [6, 6.07) is 9.83. The summed E-state index contributed by atoms with van der Waals surface area (Å²) in [5, 5.41) is 13.6. The minimum atomic E-state index is -0.918. The lowest BCUT2D eigenvalue weighted by atomic mass is 10.1. The largest absolute Gasteiger partial charge is 0.481 e. The highest BCUT2D eigenvalue weighted by Crippen LogP contribution is 2.29. The van der Waals surface area contributed by atoms with Gasteiger partial charge in [-0.3, -0.25) is 9.59 Å². The number of carbonyl (C=O) groups is 2. The van der Waals surface area contributed by atoms with Crippen LogP contribution < -0.4 is 0 Å². The molecule has 1 amide bonds. The number of carboxylic acids is 1. The molecule has 1 fully saturated rings. The summed E-state index contributed by atoms with van der Waals surface area (Å²) >= 11 is 0. The van der Waals surface area contributed by atoms with Crippen LogP contribution in [0.3, 0.4) is 0 Å². The highest BCUT2D eigenvalue weighted by Gasteiger charge is 2.32. The van der Waals surface area contributed by atoms with Crippen LogP contribution >= 0.6 is 0 Å². The molecule has 1 atom stereocenters. The van der Waals surface area contributed by atoms with Crippen LogP contribution in [0.1, 0.15) is 34.6 Å². The van der Waals surface area contributed by atoms with Gasteiger partial charge < -0.3 is 14.7 Å². The molecule has 2 aliphatic rings. The fraction of sp³-hybridized carbons (Fsp3) is 0.421. The standard InChI is InChI=1S/C19H21N3O4/c23-17(24)11-14-12-21(9-10-26-14)19(25)18-15-7-4-8-16(15)22(20-18)13-5-2-1-3-6-13/h1-3,5-6,14H,4,7-12H2,(H,23,24). The van der Waals surface area contributed by atoms with Crippen molar-refractivity contribution < 1.29 is 19.4 Å². The average Bonchev–Trinajstić information content (AvgIpc) is 3.24. The van der Waals surface area contributed by atoms with Gasteiger partial charge in [0.1, 0.15) is 0 Å². The predicted molar refractivity (Wildman–Crippen MR) is 93.5 cm³/mol. The summed E-state index contributed by atoms with van der Waals surface area (Å²) in [6.45, 7) is 1.10. The minimum absolute atomic E-state index is 0.0969. The maximum absolute atomic E-state index is 13.1. The second-order valence-electron chi connectivity index (χ2n) is 6.72. The van der Waals surface area contributed by atoms with Crippen LogP contribution in [0.15, 0.2) is 30.3 Å². The molecular formula is C19H21N3O4. The van der Waals surface area contributed by atoms with E-state index in [1.807, 2.05) is 35.0 Å². The zero-order chi connectivity index (χ0) is 18.1. The molecule has 136 valence electrons. The molecule has 2 heterocycles. The van der Waals surface area contributed by atoms with Crippen LogP contribution in [0, 0.1) is 0 Å². The summed E-state index contributed by atoms with van der Waals surface area (Å²) in [5.74, 6) is -1.05. The normalized spacial score (nSPS) is 19.4. The van der Waals surface area contributed by atoms with E-state index in [-0.39, 0.29) is 18.9 Å². The SMILES string of the molecule is O=C(O)CC1CN(C(=O)c2nn(-c3ccccc3)c3c2CCC3)CCO1. The number of benzene rings is 1. The Labute approximate surface area is 151 Å². The smallest absolute Gasteiger partial charge is 0.306 e. The third kappa shape index (κ3) is 3.10. The monoisotopic (exact) mass is 355 g/mol. The summed E-state index contributed by atoms with van der Waals surface area (Å²) < 4.78 is 7.35. The Morgan fingerprint density at radius 2 is 2.04 bits per heavy atom. The van der Waals surface area contributed by atoms with Gasteiger partial charge in [0.05, 0.1) is 24.8 Å². The fourth-order valence-electron chi connectivity index (χ4n) is 3.76. The first-order valence-electron chi connectivity index (χ1n) is 8.92. The number of fused-ring (bicyclic) bond motifs is 1. The van der Waals surface area contributed by atoms with E-state index in [2.05, 4.69) is 5.10 Å². The quantitative estimate of drug-likeness (QED) is 0.902. The number of carboxylic acid groups (broad SMARTS) is 1. The molecule has 7 heteroatoms. The second-order valence-corrected chi connectivity index (χ2v) is 6.72. The highest BCUT2D eigenvalue weighted by molar-refractivity contribution is 5.94. The highest BCUT2D eigenvalue weighted by atomic mass is 16.5. The van der Waals surface area contributed by atoms with Crippen LogP contribution in [0.4, 0.5) is 0 Å². The van der Waals surface area contributed by atoms with Crippen molar-refractivity contribution in [3.8, 4) is 5.69 Å². The molecule has 1 aromatic carbocycles. The number of aliphatic carboxylic acids is 1. The summed E-state index contributed by atoms with van der Waals surface area (Å²) in [4.78, 5) is 25.7. The van der Waals surface area contributed by atoms with E-state index in [9.17, 15) is 9.59 Å². The topological polar surface area (TPSA) is 84.7 Å². The van der Waals surface area contributed by atoms with Gasteiger partial charge in [-0.1, -0.05) is 18.2 Å². The first-order chi connectivity index (χ1) is 12.6. The molecule has 1 unspecified atom stereocenters. The average molecular weight is 355 g/mol. The molecular weight excluding hydrogens is 334 g/mol. The number of nitrogens with zero attached hydrogens (tertiary/aromatic N) is 3. The van der Waals surface area contributed by atoms with E-state index in [0.29, 0.717) is 18.8 Å². The summed E-state index contributed by atoms with van der Waals surface area (Å²) in [5.41, 5.74) is 3.59. The first-order valence-corrected chi connectivity index (χ1v) is 8.92. The molecule has 1 aliphatic heterocycles. The van der Waals surface area contributed by atoms with Crippen molar-refractivity contribution in [3.05, 3.63) is 47.3 Å². The van der Waals surface area contributed by atoms with Crippen LogP contribution in [-0.2, 0) is 22.4 Å². The van der Waals surface area contributed by atoms with Crippen LogP contribution in [0.25, 0.3) is 5.69 Å². The van der Waals surface area contributed by atoms with Gasteiger partial charge in [-0.2, -0.15) is 5.10 Å². The van der Waals surface area contributed by atoms with E-state index in [0.717, 1.165) is 36.2 Å². The molecule has 7 nitrogen and oxygen atoms in total. The summed E-state index contributed by atoms with van der Waals surface area (Å²) in [6.07, 6.45) is 2.22. The van der Waals surface area contributed by atoms with Crippen molar-refractivity contribution in [2.24, 2.45) is 0 Å². The van der Waals surface area contributed by atoms with Gasteiger partial charge in [-0.15, -0.1) is 0 Å². The number of rotatable bonds is 4. The van der Waals surface area contributed by atoms with Crippen LogP contribution in [-0.4, -0.2) is 57.5 Å². The summed E-state index contributed by atoms with van der Waals surface area (Å²) in [7, 11) is 0. The number of hydrogen-bond acceptors (Lipinski definition) is 4. The van der Waals surface area contributed by atoms with Gasteiger partial charge in [-0.25, -0.2) is 4.68 Å². The lowest BCUT2D eigenvalue weighted by Gasteiger charge is -2.32. The zero-order valence-corrected chi connectivity index (χ0v) is 14.4. The third-order valence-corrected chi connectivity index (χ3v) is 4.96. The van der Waals surface area contributed by atoms with Crippen LogP contribution in [0.5, 0.6) is 0 Å². The first kappa shape index (κ1) is 16.8. The lowest BCUT2D eigenvalue weighted by Crippen LogP contribution is -2.46. The number of hydrogen-bond donors (Lipinski definition) is 1. The number of amides is 1. The van der Waals surface area contributed by atoms with Gasteiger partial charge in [0.25, 0.3) is 5.91 Å². The Bertz CT molecular complexity index is 831. The van der Waals surface area contributed by atoms with Gasteiger partial charge in [-0.05, 0) is 31.4 Å². The number of morpholine rings is 1. The van der Waals surface area contributed by atoms with Crippen molar-refractivity contribution in [2.75, 3.05) is 19.7 Å². The molecule has 0 bridgehead atoms. The molecule has 1 aromatic heterocycles. The number of carbonyl (C=O) groups excluding carboxylic acids is 1. The van der Waals surface area contributed by atoms with Crippen LogP contribution in [0.2, 0.25) is 0 Å². The Hall–Kier alpha value is -2.67. The molecule has 1 saturated heterocycles. The Morgan fingerprint density at radius 3 is 2.81 bits per heavy atom. The number of para-hydroxylation sites is 1. The molecule has 0 radical (unpaired) electrons. The van der Waals surface area contributed by atoms with Gasteiger partial charge in [0, 0.05) is 24.3 Å². The van der Waals surface area contributed by atoms with Gasteiger partial charge in [0.2, 0.25) is 0 Å². The molecule has 26 heavy (non-hydrogen) atoms. The van der Waals surface area contributed by atoms with Gasteiger partial charge in [0.15, 0.2) is 5.69 Å². The third-order valence-electron chi connectivity index (χ3n) is 4.96. The Kier molecular flexibility index (Phi) is 4.46. The van der Waals surface area contributed by atoms with E-state index in [1.54, 1.807) is 4.90 Å². The van der Waals surface area contributed by atoms with Crippen molar-refractivity contribution >= 4 is 11.9 Å². The maximum Gasteiger partial charge on any atom is 0.306 e. The lowest BCUT2D eigenvalue weighted by molar-refractivity contribution is -0.141. The van der Waals surface area contributed by atoms with Gasteiger partial charge >= 0.3 is 5.97 Å². The van der Waals surface area contributed by atoms with Crippen molar-refractivity contribution in [1.29, 1.82) is 0 Å². The van der Waals surface area contributed by atoms with E-state index in [1.165, 1.54) is 0 Å². The molecule has 0 saturated carbocycles. The van der Waals surface area contributed by atoms with Crippen molar-refractivity contribution in [1.82, 2.24) is 14.7 Å². The molecule has 2 aromatic rings. The molecule has 4 rings (SSSR count). The maximum atomic E-state index is 13.1. The van der Waals surface area contributed by atoms with Crippen molar-refractivity contribution in [3.63, 3.8) is 0 Å². The number of ether oxygens (including phenoxy) is 1. The minimum Gasteiger partial charge on any atom is -0.481 e. The molecule has 1 aliphatic carbocycles. The molecule has 1 N–H and O–H groups in total. The van der Waals surface area contributed by atoms with E-state index in [4.69, 9.17) is 9.84 Å². The predicted octanol–water partition coefficient (Wildman–Crippen LogP) is 1.68. The van der Waals surface area contributed by atoms with E-state index >= 15 is 0 Å². The van der Waals surface area contributed by atoms with Crippen molar-refractivity contribution in [2.45, 2.75) is 31.8 Å². The van der Waals surface area contributed by atoms with E-state index < -0.39 is 12.1 Å². The molecule has 0 spiro atoms. The number of aromatic nitrogens is 2. The Balaban J connectivity index is 1.62. The zero-order valence-electron chi connectivity index (χ0n) is 14.4. The second kappa shape index (κ2) is 6.92.